The number of methoxy groups -OCH3 is 1. The number of carbonyl (C=O) groups excluding carboxylic acids is 2. The number of aliphatic hydroxyl groups is 1. The van der Waals surface area contributed by atoms with Crippen molar-refractivity contribution in [1.82, 2.24) is 5.32 Å². The number of hydrogen-bond acceptors (Lipinski definition) is 6. The summed E-state index contributed by atoms with van der Waals surface area (Å²) in [7, 11) is 1.31. The molecule has 0 saturated carbocycles. The Labute approximate surface area is 263 Å². The maximum atomic E-state index is 15.7. The van der Waals surface area contributed by atoms with Crippen LogP contribution in [0, 0.1) is 5.82 Å². The largest absolute Gasteiger partial charge is 0.495 e. The van der Waals surface area contributed by atoms with E-state index in [1.54, 1.807) is 20.8 Å². The molecule has 13 heteroatoms. The van der Waals surface area contributed by atoms with E-state index in [1.165, 1.54) is 49.6 Å². The van der Waals surface area contributed by atoms with Gasteiger partial charge in [-0.3, -0.25) is 14.9 Å². The first kappa shape index (κ1) is 33.5. The van der Waals surface area contributed by atoms with Gasteiger partial charge in [-0.25, -0.2) is 13.2 Å². The Morgan fingerprint density at radius 2 is 1.80 bits per heavy atom. The normalized spacial score (nSPS) is 17.9. The van der Waals surface area contributed by atoms with Crippen molar-refractivity contribution < 1.29 is 37.3 Å². The highest BCUT2D eigenvalue weighted by molar-refractivity contribution is 6.34. The summed E-state index contributed by atoms with van der Waals surface area (Å²) in [6.45, 7) is 4.30. The molecule has 1 atom stereocenters. The average Bonchev–Trinajstić information content (AvgIpc) is 3.04. The van der Waals surface area contributed by atoms with Crippen LogP contribution < -0.4 is 20.3 Å². The van der Waals surface area contributed by atoms with Gasteiger partial charge in [0.05, 0.1) is 41.4 Å². The third-order valence-electron chi connectivity index (χ3n) is 7.05. The van der Waals surface area contributed by atoms with Gasteiger partial charge in [-0.05, 0) is 75.4 Å². The topological polar surface area (TPSA) is 100 Å². The van der Waals surface area contributed by atoms with E-state index >= 15 is 8.78 Å². The molecule has 3 N–H and O–H groups in total. The second-order valence-corrected chi connectivity index (χ2v) is 12.1. The Morgan fingerprint density at radius 1 is 1.07 bits per heavy atom. The maximum absolute atomic E-state index is 15.7. The monoisotopic (exact) mass is 653 g/mol. The molecule has 0 fully saturated rings. The summed E-state index contributed by atoms with van der Waals surface area (Å²) in [5.41, 5.74) is -3.36. The van der Waals surface area contributed by atoms with Crippen molar-refractivity contribution in [2.24, 2.45) is 0 Å². The Bertz CT molecular complexity index is 1570. The number of benzene rings is 3. The predicted octanol–water partition coefficient (Wildman–Crippen LogP) is 6.63. The van der Waals surface area contributed by atoms with E-state index in [0.29, 0.717) is 0 Å². The quantitative estimate of drug-likeness (QED) is 0.186. The molecule has 1 aliphatic rings. The molecule has 8 nitrogen and oxygen atoms in total. The van der Waals surface area contributed by atoms with Gasteiger partial charge in [0.2, 0.25) is 0 Å². The number of anilines is 2. The van der Waals surface area contributed by atoms with E-state index < -0.39 is 54.3 Å². The number of nitrogens with zero attached hydrogens (tertiary/aromatic N) is 1. The van der Waals surface area contributed by atoms with Gasteiger partial charge in [0, 0.05) is 35.7 Å². The number of alkyl halides is 2. The standard InChI is InChI=1S/C31H32Cl2F3N3O5/c1-29(2,3)44-17-37-16-30(42)22-14-19(32)6-10-25(22)39(12-11-31(30,35)36)28(41)18-5-9-24(26(13-18)43-4)38-27(40)21-15-20(34)7-8-23(21)33/h5-10,13-15,37,42H,11-12,16-17H2,1-4H3,(H,38,40). The van der Waals surface area contributed by atoms with Crippen molar-refractivity contribution in [2.75, 3.05) is 37.1 Å². The highest BCUT2D eigenvalue weighted by Gasteiger charge is 2.56. The van der Waals surface area contributed by atoms with E-state index in [0.717, 1.165) is 17.0 Å². The van der Waals surface area contributed by atoms with Crippen LogP contribution in [0.2, 0.25) is 10.0 Å². The molecule has 0 bridgehead atoms. The van der Waals surface area contributed by atoms with Gasteiger partial charge in [0.15, 0.2) is 5.60 Å². The minimum atomic E-state index is -3.67. The van der Waals surface area contributed by atoms with Crippen LogP contribution in [0.4, 0.5) is 24.5 Å². The number of halogens is 5. The third-order valence-corrected chi connectivity index (χ3v) is 7.62. The molecule has 0 saturated heterocycles. The van der Waals surface area contributed by atoms with E-state index in [2.05, 4.69) is 10.6 Å². The number of ether oxygens (including phenoxy) is 2. The lowest BCUT2D eigenvalue weighted by Crippen LogP contribution is -2.52. The Morgan fingerprint density at radius 3 is 2.48 bits per heavy atom. The highest BCUT2D eigenvalue weighted by atomic mass is 35.5. The maximum Gasteiger partial charge on any atom is 0.283 e. The van der Waals surface area contributed by atoms with Crippen LogP contribution in [0.1, 0.15) is 53.5 Å². The SMILES string of the molecule is COc1cc(C(=O)N2CCC(F)(F)C(O)(CNCOC(C)(C)C)c3cc(Cl)ccc32)ccc1NC(=O)c1cc(F)ccc1Cl. The summed E-state index contributed by atoms with van der Waals surface area (Å²) in [6, 6.07) is 11.5. The first-order chi connectivity index (χ1) is 20.6. The van der Waals surface area contributed by atoms with Crippen molar-refractivity contribution >= 4 is 46.4 Å². The van der Waals surface area contributed by atoms with Crippen LogP contribution in [0.15, 0.2) is 54.6 Å². The fraction of sp³-hybridized carbons (Fsp3) is 0.355. The molecule has 0 radical (unpaired) electrons. The zero-order valence-electron chi connectivity index (χ0n) is 24.4. The number of carbonyl (C=O) groups is 2. The molecule has 1 heterocycles. The molecule has 0 aliphatic carbocycles. The number of hydrogen-bond donors (Lipinski definition) is 3. The number of nitrogens with one attached hydrogen (secondary N) is 2. The molecule has 3 aromatic rings. The summed E-state index contributed by atoms with van der Waals surface area (Å²) in [6.07, 6.45) is -0.858. The van der Waals surface area contributed by atoms with Crippen LogP contribution in [0.3, 0.4) is 0 Å². The lowest BCUT2D eigenvalue weighted by molar-refractivity contribution is -0.188. The van der Waals surface area contributed by atoms with Gasteiger partial charge >= 0.3 is 0 Å². The molecule has 1 aliphatic heterocycles. The van der Waals surface area contributed by atoms with Gasteiger partial charge in [-0.15, -0.1) is 0 Å². The van der Waals surface area contributed by atoms with Crippen LogP contribution in [0.25, 0.3) is 0 Å². The second kappa shape index (κ2) is 12.9. The van der Waals surface area contributed by atoms with Crippen LogP contribution in [-0.4, -0.2) is 55.4 Å². The van der Waals surface area contributed by atoms with E-state index in [-0.39, 0.29) is 50.6 Å². The van der Waals surface area contributed by atoms with Crippen molar-refractivity contribution in [1.29, 1.82) is 0 Å². The number of rotatable bonds is 8. The fourth-order valence-corrected chi connectivity index (χ4v) is 5.11. The molecule has 3 aromatic carbocycles. The van der Waals surface area contributed by atoms with Gasteiger partial charge in [0.1, 0.15) is 11.6 Å². The molecule has 44 heavy (non-hydrogen) atoms. The minimum Gasteiger partial charge on any atom is -0.495 e. The summed E-state index contributed by atoms with van der Waals surface area (Å²) < 4.78 is 56.1. The van der Waals surface area contributed by atoms with Crippen molar-refractivity contribution in [3.8, 4) is 5.75 Å². The Hall–Kier alpha value is -3.35. The predicted molar refractivity (Wildman–Crippen MR) is 163 cm³/mol. The molecule has 0 spiro atoms. The fourth-order valence-electron chi connectivity index (χ4n) is 4.73. The average molecular weight is 655 g/mol. The smallest absolute Gasteiger partial charge is 0.283 e. The first-order valence-corrected chi connectivity index (χ1v) is 14.3. The van der Waals surface area contributed by atoms with Crippen molar-refractivity contribution in [3.05, 3.63) is 87.2 Å². The highest BCUT2D eigenvalue weighted by Crippen LogP contribution is 2.47. The molecule has 0 aromatic heterocycles. The van der Waals surface area contributed by atoms with Gasteiger partial charge in [-0.2, -0.15) is 0 Å². The van der Waals surface area contributed by atoms with E-state index in [4.69, 9.17) is 32.7 Å². The third kappa shape index (κ3) is 7.13. The minimum absolute atomic E-state index is 0.0308. The Kier molecular flexibility index (Phi) is 9.87. The van der Waals surface area contributed by atoms with Crippen LogP contribution in [0.5, 0.6) is 5.75 Å². The van der Waals surface area contributed by atoms with E-state index in [1.807, 2.05) is 0 Å². The molecule has 2 amide bonds. The lowest BCUT2D eigenvalue weighted by Gasteiger charge is -2.36. The Balaban J connectivity index is 1.65. The summed E-state index contributed by atoms with van der Waals surface area (Å²) in [5, 5.41) is 17.0. The molecule has 236 valence electrons. The summed E-state index contributed by atoms with van der Waals surface area (Å²) in [5.74, 6) is -5.62. The van der Waals surface area contributed by atoms with Gasteiger partial charge in [0.25, 0.3) is 17.7 Å². The van der Waals surface area contributed by atoms with Crippen LogP contribution in [-0.2, 0) is 10.3 Å². The molecule has 1 unspecified atom stereocenters. The zero-order valence-corrected chi connectivity index (χ0v) is 26.0. The summed E-state index contributed by atoms with van der Waals surface area (Å²) >= 11 is 12.2. The van der Waals surface area contributed by atoms with Crippen LogP contribution >= 0.6 is 23.2 Å². The number of amides is 2. The molecular formula is C31H32Cl2F3N3O5. The first-order valence-electron chi connectivity index (χ1n) is 13.6. The van der Waals surface area contributed by atoms with Crippen molar-refractivity contribution in [2.45, 2.75) is 44.3 Å². The summed E-state index contributed by atoms with van der Waals surface area (Å²) in [4.78, 5) is 27.7. The lowest BCUT2D eigenvalue weighted by atomic mass is 9.85. The number of fused-ring (bicyclic) bond motifs is 1. The van der Waals surface area contributed by atoms with Gasteiger partial charge in [-0.1, -0.05) is 23.2 Å². The van der Waals surface area contributed by atoms with Gasteiger partial charge < -0.3 is 24.8 Å². The zero-order chi connectivity index (χ0) is 32.4. The molecular weight excluding hydrogens is 622 g/mol. The molecule has 4 rings (SSSR count). The van der Waals surface area contributed by atoms with E-state index in [9.17, 15) is 19.1 Å². The van der Waals surface area contributed by atoms with Crippen molar-refractivity contribution in [3.63, 3.8) is 0 Å². The second-order valence-electron chi connectivity index (χ2n) is 11.3.